The van der Waals surface area contributed by atoms with Gasteiger partial charge in [-0.2, -0.15) is 27.1 Å². The average molecular weight is 440 g/mol. The standard InChI is InChI=1S/C19H17F5N6O/c1-11(31)29(2)14-4-3-12(15(25)6-14)7-26-17-5-13-8-28-30(16(13)9-27-17)10-18(20,21)19(22,23)24/h3-9H,10,25H2,1-2H3. The zero-order valence-corrected chi connectivity index (χ0v) is 16.4. The summed E-state index contributed by atoms with van der Waals surface area (Å²) in [6, 6.07) is 6.34. The minimum atomic E-state index is -5.68. The Hall–Kier alpha value is -3.57. The molecule has 0 aliphatic rings. The molecule has 1 amide bonds. The number of aliphatic imine (C=N–C) groups is 1. The Morgan fingerprint density at radius 2 is 1.94 bits per heavy atom. The van der Waals surface area contributed by atoms with Gasteiger partial charge in [0.2, 0.25) is 5.91 Å². The number of benzene rings is 1. The number of carbonyl (C=O) groups is 1. The molecule has 7 nitrogen and oxygen atoms in total. The van der Waals surface area contributed by atoms with Crippen molar-refractivity contribution in [2.24, 2.45) is 4.99 Å². The van der Waals surface area contributed by atoms with Crippen molar-refractivity contribution in [1.82, 2.24) is 14.8 Å². The van der Waals surface area contributed by atoms with Gasteiger partial charge in [0.05, 0.1) is 17.9 Å². The van der Waals surface area contributed by atoms with Gasteiger partial charge in [0, 0.05) is 42.5 Å². The van der Waals surface area contributed by atoms with E-state index in [1.54, 1.807) is 25.2 Å². The first-order valence-electron chi connectivity index (χ1n) is 8.83. The first-order chi connectivity index (χ1) is 14.4. The Morgan fingerprint density at radius 1 is 1.23 bits per heavy atom. The third-order valence-electron chi connectivity index (χ3n) is 4.54. The summed E-state index contributed by atoms with van der Waals surface area (Å²) >= 11 is 0. The van der Waals surface area contributed by atoms with Crippen LogP contribution in [0.1, 0.15) is 12.5 Å². The molecular formula is C19H17F5N6O. The van der Waals surface area contributed by atoms with E-state index in [2.05, 4.69) is 15.1 Å². The van der Waals surface area contributed by atoms with Gasteiger partial charge in [-0.25, -0.2) is 9.98 Å². The van der Waals surface area contributed by atoms with Crippen molar-refractivity contribution in [3.05, 3.63) is 42.2 Å². The van der Waals surface area contributed by atoms with Gasteiger partial charge in [0.15, 0.2) is 5.82 Å². The van der Waals surface area contributed by atoms with Gasteiger partial charge in [-0.15, -0.1) is 0 Å². The maximum atomic E-state index is 13.3. The van der Waals surface area contributed by atoms with Crippen molar-refractivity contribution < 1.29 is 26.7 Å². The average Bonchev–Trinajstić information content (AvgIpc) is 3.07. The van der Waals surface area contributed by atoms with Crippen LogP contribution in [0.25, 0.3) is 10.9 Å². The number of nitrogens with zero attached hydrogens (tertiary/aromatic N) is 5. The lowest BCUT2D eigenvalue weighted by Crippen LogP contribution is -2.40. The number of rotatable bonds is 5. The molecular weight excluding hydrogens is 423 g/mol. The minimum absolute atomic E-state index is 0.0130. The number of fused-ring (bicyclic) bond motifs is 1. The van der Waals surface area contributed by atoms with Crippen molar-refractivity contribution in [1.29, 1.82) is 0 Å². The number of hydrogen-bond acceptors (Lipinski definition) is 5. The van der Waals surface area contributed by atoms with Gasteiger partial charge in [-0.05, 0) is 24.3 Å². The number of alkyl halides is 5. The number of nitrogens with two attached hydrogens (primary N) is 1. The van der Waals surface area contributed by atoms with E-state index >= 15 is 0 Å². The van der Waals surface area contributed by atoms with Crippen LogP contribution in [0, 0.1) is 0 Å². The van der Waals surface area contributed by atoms with Crippen molar-refractivity contribution in [3.63, 3.8) is 0 Å². The Balaban J connectivity index is 1.82. The third kappa shape index (κ3) is 4.62. The van der Waals surface area contributed by atoms with Gasteiger partial charge in [0.25, 0.3) is 0 Å². The Bertz CT molecular complexity index is 1150. The van der Waals surface area contributed by atoms with Crippen LogP contribution in [0.3, 0.4) is 0 Å². The van der Waals surface area contributed by atoms with Gasteiger partial charge in [-0.1, -0.05) is 0 Å². The smallest absolute Gasteiger partial charge is 0.398 e. The first kappa shape index (κ1) is 22.1. The molecule has 164 valence electrons. The number of carbonyl (C=O) groups excluding carboxylic acids is 1. The molecule has 12 heteroatoms. The summed E-state index contributed by atoms with van der Waals surface area (Å²) in [5.74, 6) is -4.91. The fraction of sp³-hybridized carbons (Fsp3) is 0.263. The molecule has 0 unspecified atom stereocenters. The SMILES string of the molecule is CC(=O)N(C)c1ccc(C=Nc2cc3cnn(CC(F)(F)C(F)(F)F)c3cn2)c(N)c1. The zero-order valence-electron chi connectivity index (χ0n) is 16.4. The first-order valence-corrected chi connectivity index (χ1v) is 8.83. The van der Waals surface area contributed by atoms with Crippen molar-refractivity contribution in [2.75, 3.05) is 17.7 Å². The number of halogens is 5. The van der Waals surface area contributed by atoms with Crippen LogP contribution in [0.4, 0.5) is 39.1 Å². The van der Waals surface area contributed by atoms with Crippen molar-refractivity contribution in [3.8, 4) is 0 Å². The molecule has 0 bridgehead atoms. The Morgan fingerprint density at radius 3 is 2.55 bits per heavy atom. The predicted molar refractivity (Wildman–Crippen MR) is 106 cm³/mol. The predicted octanol–water partition coefficient (Wildman–Crippen LogP) is 3.94. The molecule has 0 aliphatic carbocycles. The number of pyridine rings is 1. The zero-order chi connectivity index (χ0) is 23.0. The summed E-state index contributed by atoms with van der Waals surface area (Å²) in [6.07, 6.45) is -1.99. The van der Waals surface area contributed by atoms with Gasteiger partial charge in [0.1, 0.15) is 6.54 Å². The van der Waals surface area contributed by atoms with Crippen LogP contribution in [0.5, 0.6) is 0 Å². The molecule has 0 fully saturated rings. The van der Waals surface area contributed by atoms with E-state index < -0.39 is 18.6 Å². The molecule has 2 N–H and O–H groups in total. The normalized spacial score (nSPS) is 12.6. The highest BCUT2D eigenvalue weighted by molar-refractivity contribution is 5.94. The minimum Gasteiger partial charge on any atom is -0.398 e. The molecule has 0 aliphatic heterocycles. The summed E-state index contributed by atoms with van der Waals surface area (Å²) in [4.78, 5) is 21.0. The fourth-order valence-electron chi connectivity index (χ4n) is 2.65. The topological polar surface area (TPSA) is 89.4 Å². The van der Waals surface area contributed by atoms with Crippen LogP contribution >= 0.6 is 0 Å². The maximum absolute atomic E-state index is 13.3. The number of aromatic nitrogens is 3. The molecule has 0 radical (unpaired) electrons. The summed E-state index contributed by atoms with van der Waals surface area (Å²) in [5, 5.41) is 3.90. The van der Waals surface area contributed by atoms with Gasteiger partial charge >= 0.3 is 12.1 Å². The van der Waals surface area contributed by atoms with Crippen LogP contribution in [-0.2, 0) is 11.3 Å². The van der Waals surface area contributed by atoms with E-state index in [1.807, 2.05) is 0 Å². The van der Waals surface area contributed by atoms with E-state index in [1.165, 1.54) is 24.1 Å². The van der Waals surface area contributed by atoms with E-state index in [0.717, 1.165) is 12.4 Å². The highest BCUT2D eigenvalue weighted by Gasteiger charge is 2.57. The molecule has 31 heavy (non-hydrogen) atoms. The van der Waals surface area contributed by atoms with Gasteiger partial charge < -0.3 is 10.6 Å². The second-order valence-electron chi connectivity index (χ2n) is 6.76. The number of nitrogen functional groups attached to an aromatic ring is 1. The Labute approximate surface area is 173 Å². The van der Waals surface area contributed by atoms with Gasteiger partial charge in [-0.3, -0.25) is 9.48 Å². The molecule has 1 aromatic carbocycles. The largest absolute Gasteiger partial charge is 0.455 e. The molecule has 2 aromatic heterocycles. The van der Waals surface area contributed by atoms with Crippen molar-refractivity contribution >= 4 is 40.2 Å². The van der Waals surface area contributed by atoms with Crippen LogP contribution in [0.15, 0.2) is 41.7 Å². The van der Waals surface area contributed by atoms with Crippen LogP contribution in [-0.4, -0.2) is 46.0 Å². The molecule has 2 heterocycles. The van der Waals surface area contributed by atoms with Crippen LogP contribution < -0.4 is 10.6 Å². The summed E-state index contributed by atoms with van der Waals surface area (Å²) in [5.41, 5.74) is 7.50. The number of hydrogen-bond donors (Lipinski definition) is 1. The van der Waals surface area contributed by atoms with E-state index in [4.69, 9.17) is 5.73 Å². The highest BCUT2D eigenvalue weighted by Crippen LogP contribution is 2.37. The lowest BCUT2D eigenvalue weighted by Gasteiger charge is -2.19. The quantitative estimate of drug-likeness (QED) is 0.370. The molecule has 0 spiro atoms. The molecule has 0 saturated heterocycles. The molecule has 0 atom stereocenters. The van der Waals surface area contributed by atoms with Crippen molar-refractivity contribution in [2.45, 2.75) is 25.6 Å². The van der Waals surface area contributed by atoms with Crippen LogP contribution in [0.2, 0.25) is 0 Å². The Kier molecular flexibility index (Phi) is 5.66. The second-order valence-corrected chi connectivity index (χ2v) is 6.76. The summed E-state index contributed by atoms with van der Waals surface area (Å²) in [6.45, 7) is -0.234. The third-order valence-corrected chi connectivity index (χ3v) is 4.54. The monoisotopic (exact) mass is 440 g/mol. The fourth-order valence-corrected chi connectivity index (χ4v) is 2.65. The lowest BCUT2D eigenvalue weighted by molar-refractivity contribution is -0.287. The van der Waals surface area contributed by atoms with E-state index in [0.29, 0.717) is 27.0 Å². The number of amides is 1. The lowest BCUT2D eigenvalue weighted by atomic mass is 10.1. The van der Waals surface area contributed by atoms with E-state index in [-0.39, 0.29) is 17.2 Å². The highest BCUT2D eigenvalue weighted by atomic mass is 19.4. The second kappa shape index (κ2) is 7.93. The summed E-state index contributed by atoms with van der Waals surface area (Å²) < 4.78 is 64.5. The summed E-state index contributed by atoms with van der Waals surface area (Å²) in [7, 11) is 1.61. The number of anilines is 2. The maximum Gasteiger partial charge on any atom is 0.455 e. The molecule has 3 aromatic rings. The molecule has 3 rings (SSSR count). The molecule has 0 saturated carbocycles. The van der Waals surface area contributed by atoms with E-state index in [9.17, 15) is 26.7 Å².